The molecular formula is C36H52ClCuN5O6. The van der Waals surface area contributed by atoms with Gasteiger partial charge in [-0.1, -0.05) is 78.8 Å². The Hall–Kier alpha value is -2.25. The number of halogens is 1. The maximum Gasteiger partial charge on any atom is 1.00 e. The van der Waals surface area contributed by atoms with Crippen LogP contribution in [-0.4, -0.2) is 85.8 Å². The molecule has 49 heavy (non-hydrogen) atoms. The standard InChI is InChI=1S/C36H52N5O6.ClH.Cu/c1-20(2)26-10-9-11-27(21(3)4)31(26)39-12-13-40(19-39)32-28(22(5)6)14-25(15-29(32)23(7)8)41-16-24(37-38-41)18-46-36-35(45)34(44)33(43)30(17-42)47-36;;/h9-11,14-16,19-23,30,33-36,42-45H,12-13,17-18H2,1-8H3;1H;/q;;+1/p-1/t30-,33-,34+,35-,36+;;/m1../s1. The second-order valence-electron chi connectivity index (χ2n) is 14.0. The Balaban J connectivity index is 0.00000325. The minimum Gasteiger partial charge on any atom is -1.00 e. The topological polar surface area (TPSA) is 137 Å². The molecule has 2 saturated heterocycles. The Morgan fingerprint density at radius 1 is 0.796 bits per heavy atom. The minimum atomic E-state index is -1.51. The van der Waals surface area contributed by atoms with Gasteiger partial charge in [-0.15, -0.1) is 5.10 Å². The van der Waals surface area contributed by atoms with Crippen LogP contribution in [0.15, 0.2) is 36.5 Å². The fraction of sp³-hybridized carbons (Fsp3) is 0.583. The molecule has 4 N–H and O–H groups in total. The van der Waals surface area contributed by atoms with Gasteiger partial charge in [0.1, 0.15) is 36.8 Å². The monoisotopic (exact) mass is 748 g/mol. The number of hydrogen-bond donors (Lipinski definition) is 4. The molecule has 5 atom stereocenters. The van der Waals surface area contributed by atoms with Crippen molar-refractivity contribution < 1.29 is 59.4 Å². The summed E-state index contributed by atoms with van der Waals surface area (Å²) in [6, 6.07) is 11.1. The SMILES string of the molecule is CC(C)c1cccc(C(C)C)c1N1[CH]N(c2c(C(C)C)cc(-n3cc(CO[C@H]4O[C@H](CO)[C@@H](O)[C@H](O)[C@H]4O)nn3)cc2C(C)C)CC1.[Cl-].[Cu+]. The van der Waals surface area contributed by atoms with E-state index in [1.54, 1.807) is 10.9 Å². The van der Waals surface area contributed by atoms with Crippen molar-refractivity contribution in [2.24, 2.45) is 0 Å². The second-order valence-corrected chi connectivity index (χ2v) is 14.0. The third kappa shape index (κ3) is 8.63. The van der Waals surface area contributed by atoms with Crippen LogP contribution in [0.25, 0.3) is 5.69 Å². The Bertz CT molecular complexity index is 1460. The molecule has 1 radical (unpaired) electrons. The van der Waals surface area contributed by atoms with Gasteiger partial charge in [-0.2, -0.15) is 0 Å². The van der Waals surface area contributed by atoms with Crippen LogP contribution in [-0.2, 0) is 33.1 Å². The number of para-hydroxylation sites is 1. The zero-order valence-corrected chi connectivity index (χ0v) is 31.3. The van der Waals surface area contributed by atoms with Crippen LogP contribution < -0.4 is 22.2 Å². The van der Waals surface area contributed by atoms with Gasteiger partial charge in [0.05, 0.1) is 25.1 Å². The summed E-state index contributed by atoms with van der Waals surface area (Å²) in [7, 11) is 0. The first-order valence-corrected chi connectivity index (χ1v) is 16.8. The summed E-state index contributed by atoms with van der Waals surface area (Å²) in [6.45, 7) is 21.4. The van der Waals surface area contributed by atoms with Crippen LogP contribution >= 0.6 is 0 Å². The molecule has 0 aliphatic carbocycles. The van der Waals surface area contributed by atoms with Crippen molar-refractivity contribution in [3.05, 3.63) is 71.1 Å². The average Bonchev–Trinajstić information content (AvgIpc) is 3.72. The molecule has 1 aromatic heterocycles. The molecule has 0 bridgehead atoms. The van der Waals surface area contributed by atoms with Crippen molar-refractivity contribution in [2.75, 3.05) is 29.5 Å². The molecule has 3 aromatic rings. The van der Waals surface area contributed by atoms with Gasteiger partial charge in [0.25, 0.3) is 0 Å². The van der Waals surface area contributed by atoms with Crippen molar-refractivity contribution in [3.8, 4) is 5.69 Å². The van der Waals surface area contributed by atoms with Crippen LogP contribution in [0.3, 0.4) is 0 Å². The van der Waals surface area contributed by atoms with Crippen LogP contribution in [0.1, 0.15) is 107 Å². The first-order chi connectivity index (χ1) is 22.3. The maximum atomic E-state index is 10.3. The van der Waals surface area contributed by atoms with Crippen molar-refractivity contribution >= 4 is 11.4 Å². The van der Waals surface area contributed by atoms with E-state index < -0.39 is 37.3 Å². The van der Waals surface area contributed by atoms with E-state index in [-0.39, 0.29) is 47.9 Å². The number of ether oxygens (including phenoxy) is 2. The fourth-order valence-electron chi connectivity index (χ4n) is 6.55. The van der Waals surface area contributed by atoms with Crippen LogP contribution in [0, 0.1) is 6.67 Å². The Morgan fingerprint density at radius 2 is 1.31 bits per heavy atom. The molecule has 0 unspecified atom stereocenters. The van der Waals surface area contributed by atoms with Crippen molar-refractivity contribution in [3.63, 3.8) is 0 Å². The first-order valence-electron chi connectivity index (χ1n) is 16.8. The predicted molar refractivity (Wildman–Crippen MR) is 182 cm³/mol. The molecule has 0 amide bonds. The second kappa shape index (κ2) is 17.3. The Kier molecular flexibility index (Phi) is 14.5. The zero-order valence-electron chi connectivity index (χ0n) is 29.6. The van der Waals surface area contributed by atoms with Crippen molar-refractivity contribution in [1.29, 1.82) is 0 Å². The van der Waals surface area contributed by atoms with E-state index in [0.29, 0.717) is 17.5 Å². The van der Waals surface area contributed by atoms with E-state index >= 15 is 0 Å². The van der Waals surface area contributed by atoms with Gasteiger partial charge < -0.3 is 52.1 Å². The number of rotatable bonds is 11. The van der Waals surface area contributed by atoms with Crippen LogP contribution in [0.2, 0.25) is 0 Å². The van der Waals surface area contributed by atoms with Crippen molar-refractivity contribution in [1.82, 2.24) is 15.0 Å². The van der Waals surface area contributed by atoms with E-state index in [0.717, 1.165) is 18.8 Å². The molecule has 2 aliphatic heterocycles. The number of anilines is 2. The summed E-state index contributed by atoms with van der Waals surface area (Å²) in [5.74, 6) is 1.32. The van der Waals surface area contributed by atoms with Crippen LogP contribution in [0.5, 0.6) is 0 Å². The van der Waals surface area contributed by atoms with Crippen LogP contribution in [0.4, 0.5) is 11.4 Å². The number of hydrogen-bond acceptors (Lipinski definition) is 10. The normalized spacial score (nSPS) is 22.7. The third-order valence-electron chi connectivity index (χ3n) is 9.22. The molecule has 5 rings (SSSR count). The molecule has 0 spiro atoms. The molecule has 275 valence electrons. The summed E-state index contributed by atoms with van der Waals surface area (Å²) in [5.41, 5.74) is 9.13. The average molecular weight is 750 g/mol. The molecule has 3 heterocycles. The van der Waals surface area contributed by atoms with Gasteiger partial charge >= 0.3 is 17.1 Å². The summed E-state index contributed by atoms with van der Waals surface area (Å²) in [6.07, 6.45) is -4.95. The summed E-state index contributed by atoms with van der Waals surface area (Å²) in [4.78, 5) is 4.85. The van der Waals surface area contributed by atoms with E-state index in [9.17, 15) is 20.4 Å². The quantitative estimate of drug-likeness (QED) is 0.214. The number of aromatic nitrogens is 3. The number of aliphatic hydroxyl groups is 4. The first kappa shape index (κ1) is 41.2. The van der Waals surface area contributed by atoms with E-state index in [2.05, 4.69) is 113 Å². The zero-order chi connectivity index (χ0) is 34.2. The number of aliphatic hydroxyl groups excluding tert-OH is 4. The van der Waals surface area contributed by atoms with E-state index in [1.807, 2.05) is 0 Å². The molecule has 13 heteroatoms. The molecule has 11 nitrogen and oxygen atoms in total. The summed E-state index contributed by atoms with van der Waals surface area (Å²) in [5, 5.41) is 48.6. The molecule has 2 aliphatic rings. The molecule has 2 aromatic carbocycles. The van der Waals surface area contributed by atoms with Gasteiger partial charge in [-0.25, -0.2) is 4.68 Å². The summed E-state index contributed by atoms with van der Waals surface area (Å²) < 4.78 is 12.9. The minimum absolute atomic E-state index is 0. The van der Waals surface area contributed by atoms with Gasteiger partial charge in [-0.3, -0.25) is 0 Å². The largest absolute Gasteiger partial charge is 1.00 e. The molecule has 2 fully saturated rings. The Labute approximate surface area is 307 Å². The van der Waals surface area contributed by atoms with Gasteiger partial charge in [0, 0.05) is 24.5 Å². The predicted octanol–water partition coefficient (Wildman–Crippen LogP) is 1.52. The summed E-state index contributed by atoms with van der Waals surface area (Å²) >= 11 is 0. The molecular weight excluding hydrogens is 697 g/mol. The van der Waals surface area contributed by atoms with Gasteiger partial charge in [0.2, 0.25) is 0 Å². The molecule has 0 saturated carbocycles. The van der Waals surface area contributed by atoms with E-state index in [4.69, 9.17) is 9.47 Å². The number of nitrogens with zero attached hydrogens (tertiary/aromatic N) is 5. The van der Waals surface area contributed by atoms with Gasteiger partial charge in [-0.05, 0) is 58.1 Å². The maximum absolute atomic E-state index is 10.3. The van der Waals surface area contributed by atoms with Gasteiger partial charge in [0.15, 0.2) is 6.29 Å². The van der Waals surface area contributed by atoms with E-state index in [1.165, 1.54) is 33.6 Å². The smallest absolute Gasteiger partial charge is 1.00 e. The number of benzene rings is 2. The van der Waals surface area contributed by atoms with Crippen molar-refractivity contribution in [2.45, 2.75) is 116 Å². The fourth-order valence-corrected chi connectivity index (χ4v) is 6.55. The Morgan fingerprint density at radius 3 is 1.80 bits per heavy atom. The third-order valence-corrected chi connectivity index (χ3v) is 9.22.